The molecule has 2 N–H and O–H groups in total. The Morgan fingerprint density at radius 1 is 1.28 bits per heavy atom. The summed E-state index contributed by atoms with van der Waals surface area (Å²) in [6.45, 7) is 3.01. The molecule has 2 saturated heterocycles. The van der Waals surface area contributed by atoms with Gasteiger partial charge in [-0.1, -0.05) is 0 Å². The highest BCUT2D eigenvalue weighted by Gasteiger charge is 2.31. The number of hydrogen-bond acceptors (Lipinski definition) is 5. The lowest BCUT2D eigenvalue weighted by atomic mass is 9.91. The van der Waals surface area contributed by atoms with Crippen molar-refractivity contribution in [3.63, 3.8) is 0 Å². The van der Waals surface area contributed by atoms with Crippen LogP contribution < -0.4 is 5.73 Å². The maximum atomic E-state index is 12.8. The predicted octanol–water partition coefficient (Wildman–Crippen LogP) is 1.68. The van der Waals surface area contributed by atoms with Crippen molar-refractivity contribution in [2.75, 3.05) is 32.0 Å². The van der Waals surface area contributed by atoms with Crippen molar-refractivity contribution < 1.29 is 9.53 Å². The van der Waals surface area contributed by atoms with Crippen molar-refractivity contribution in [1.29, 1.82) is 0 Å². The van der Waals surface area contributed by atoms with E-state index in [2.05, 4.69) is 5.10 Å². The van der Waals surface area contributed by atoms with Gasteiger partial charge in [0.15, 0.2) is 11.5 Å². The Hall–Kier alpha value is -2.15. The molecule has 0 spiro atoms. The molecule has 0 bridgehead atoms. The highest BCUT2D eigenvalue weighted by atomic mass is 16.5. The zero-order valence-electron chi connectivity index (χ0n) is 14.6. The number of amides is 1. The van der Waals surface area contributed by atoms with Gasteiger partial charge in [-0.3, -0.25) is 4.79 Å². The molecule has 0 aliphatic carbocycles. The Balaban J connectivity index is 1.52. The normalized spacial score (nSPS) is 22.4. The monoisotopic (exact) mass is 343 g/mol. The predicted molar refractivity (Wildman–Crippen MR) is 95.0 cm³/mol. The molecule has 2 aliphatic rings. The zero-order chi connectivity index (χ0) is 17.4. The summed E-state index contributed by atoms with van der Waals surface area (Å²) in [5.74, 6) is 1.20. The smallest absolute Gasteiger partial charge is 0.225 e. The number of nitrogen functional groups attached to an aromatic ring is 1. The van der Waals surface area contributed by atoms with Crippen LogP contribution in [0.2, 0.25) is 0 Å². The maximum Gasteiger partial charge on any atom is 0.225 e. The highest BCUT2D eigenvalue weighted by Crippen LogP contribution is 2.30. The highest BCUT2D eigenvalue weighted by molar-refractivity contribution is 5.86. The Kier molecular flexibility index (Phi) is 4.33. The molecule has 1 unspecified atom stereocenters. The topological polar surface area (TPSA) is 86.3 Å². The maximum absolute atomic E-state index is 12.8. The Morgan fingerprint density at radius 3 is 2.88 bits per heavy atom. The molecule has 7 heteroatoms. The molecule has 2 aromatic heterocycles. The van der Waals surface area contributed by atoms with Gasteiger partial charge in [0.25, 0.3) is 0 Å². The number of hydrogen-bond donors (Lipinski definition) is 1. The molecule has 2 aliphatic heterocycles. The lowest BCUT2D eigenvalue weighted by molar-refractivity contribution is -0.139. The molecular weight excluding hydrogens is 318 g/mol. The molecule has 1 amide bonds. The third-order valence-corrected chi connectivity index (χ3v) is 5.46. The molecule has 0 radical (unpaired) electrons. The van der Waals surface area contributed by atoms with Crippen molar-refractivity contribution in [3.05, 3.63) is 17.8 Å². The van der Waals surface area contributed by atoms with Crippen molar-refractivity contribution in [2.45, 2.75) is 31.6 Å². The first-order valence-corrected chi connectivity index (χ1v) is 9.09. The average molecular weight is 343 g/mol. The molecule has 1 atom stereocenters. The number of piperidine rings is 1. The molecule has 2 fully saturated rings. The number of anilines is 1. The van der Waals surface area contributed by atoms with Crippen LogP contribution in [0.1, 0.15) is 37.3 Å². The summed E-state index contributed by atoms with van der Waals surface area (Å²) in [5.41, 5.74) is 7.75. The molecule has 4 heterocycles. The number of ether oxygens (including phenoxy) is 1. The summed E-state index contributed by atoms with van der Waals surface area (Å²) in [6, 6.07) is 4.03. The Bertz CT molecular complexity index is 781. The van der Waals surface area contributed by atoms with Crippen LogP contribution in [0, 0.1) is 5.92 Å². The summed E-state index contributed by atoms with van der Waals surface area (Å²) < 4.78 is 7.11. The number of nitrogens with two attached hydrogens (primary N) is 1. The van der Waals surface area contributed by atoms with Crippen LogP contribution >= 0.6 is 0 Å². The fraction of sp³-hybridized carbons (Fsp3) is 0.611. The average Bonchev–Trinajstić information content (AvgIpc) is 2.95. The van der Waals surface area contributed by atoms with Crippen LogP contribution in [0.3, 0.4) is 0 Å². The van der Waals surface area contributed by atoms with E-state index >= 15 is 0 Å². The van der Waals surface area contributed by atoms with Crippen molar-refractivity contribution in [1.82, 2.24) is 19.7 Å². The second-order valence-electron chi connectivity index (χ2n) is 7.13. The van der Waals surface area contributed by atoms with Gasteiger partial charge in [-0.15, -0.1) is 0 Å². The first-order valence-electron chi connectivity index (χ1n) is 9.09. The van der Waals surface area contributed by atoms with Crippen molar-refractivity contribution >= 4 is 22.8 Å². The van der Waals surface area contributed by atoms with E-state index in [9.17, 15) is 4.79 Å². The van der Waals surface area contributed by atoms with Crippen LogP contribution in [0.4, 0.5) is 5.82 Å². The van der Waals surface area contributed by atoms with Crippen LogP contribution in [0.5, 0.6) is 0 Å². The molecule has 0 aromatic carbocycles. The quantitative estimate of drug-likeness (QED) is 0.896. The number of pyridine rings is 1. The fourth-order valence-electron chi connectivity index (χ4n) is 4.02. The van der Waals surface area contributed by atoms with E-state index in [1.165, 1.54) is 0 Å². The summed E-state index contributed by atoms with van der Waals surface area (Å²) in [7, 11) is 1.86. The molecule has 134 valence electrons. The van der Waals surface area contributed by atoms with E-state index in [4.69, 9.17) is 15.5 Å². The number of carbonyl (C=O) groups is 1. The molecule has 2 aromatic rings. The van der Waals surface area contributed by atoms with E-state index in [0.29, 0.717) is 24.9 Å². The first kappa shape index (κ1) is 16.3. The van der Waals surface area contributed by atoms with E-state index < -0.39 is 0 Å². The van der Waals surface area contributed by atoms with Gasteiger partial charge in [-0.25, -0.2) is 9.67 Å². The van der Waals surface area contributed by atoms with Gasteiger partial charge < -0.3 is 15.4 Å². The largest absolute Gasteiger partial charge is 0.382 e. The minimum absolute atomic E-state index is 0.125. The third-order valence-electron chi connectivity index (χ3n) is 5.46. The van der Waals surface area contributed by atoms with Gasteiger partial charge in [0, 0.05) is 50.9 Å². The van der Waals surface area contributed by atoms with Gasteiger partial charge in [0.2, 0.25) is 5.91 Å². The van der Waals surface area contributed by atoms with E-state index in [-0.39, 0.29) is 11.8 Å². The van der Waals surface area contributed by atoms with E-state index in [1.54, 1.807) is 4.68 Å². The van der Waals surface area contributed by atoms with Crippen molar-refractivity contribution in [2.24, 2.45) is 13.0 Å². The first-order chi connectivity index (χ1) is 12.1. The van der Waals surface area contributed by atoms with Crippen molar-refractivity contribution in [3.8, 4) is 0 Å². The van der Waals surface area contributed by atoms with Gasteiger partial charge in [-0.05, 0) is 37.8 Å². The number of nitrogens with zero attached hydrogens (tertiary/aromatic N) is 4. The summed E-state index contributed by atoms with van der Waals surface area (Å²) in [4.78, 5) is 19.6. The SMILES string of the molecule is Cn1nc(N)c2ccc(C3CCCN(C(=O)C4CCOCC4)C3)nc21. The summed E-state index contributed by atoms with van der Waals surface area (Å²) in [6.07, 6.45) is 3.77. The molecule has 7 nitrogen and oxygen atoms in total. The number of carbonyl (C=O) groups excluding carboxylic acids is 1. The lowest BCUT2D eigenvalue weighted by Gasteiger charge is -2.35. The standard InChI is InChI=1S/C18H25N5O2/c1-22-17-14(16(19)21-22)4-5-15(20-17)13-3-2-8-23(11-13)18(24)12-6-9-25-10-7-12/h4-5,12-13H,2-3,6-11H2,1H3,(H2,19,21). The number of likely N-dealkylation sites (tertiary alicyclic amines) is 1. The van der Waals surface area contributed by atoms with E-state index in [0.717, 1.165) is 55.5 Å². The number of aromatic nitrogens is 3. The zero-order valence-corrected chi connectivity index (χ0v) is 14.6. The van der Waals surface area contributed by atoms with Crippen LogP contribution in [0.25, 0.3) is 11.0 Å². The Morgan fingerprint density at radius 2 is 2.08 bits per heavy atom. The molecule has 4 rings (SSSR count). The Labute approximate surface area is 147 Å². The number of aryl methyl sites for hydroxylation is 1. The van der Waals surface area contributed by atoms with Gasteiger partial charge in [0.05, 0.1) is 5.39 Å². The minimum atomic E-state index is 0.125. The second kappa shape index (κ2) is 6.63. The lowest BCUT2D eigenvalue weighted by Crippen LogP contribution is -2.43. The molecule has 0 saturated carbocycles. The molecular formula is C18H25N5O2. The van der Waals surface area contributed by atoms with Gasteiger partial charge in [-0.2, -0.15) is 5.10 Å². The minimum Gasteiger partial charge on any atom is -0.382 e. The molecule has 25 heavy (non-hydrogen) atoms. The fourth-order valence-corrected chi connectivity index (χ4v) is 4.02. The van der Waals surface area contributed by atoms with Gasteiger partial charge >= 0.3 is 0 Å². The number of fused-ring (bicyclic) bond motifs is 1. The van der Waals surface area contributed by atoms with E-state index in [1.807, 2.05) is 24.1 Å². The third kappa shape index (κ3) is 3.08. The summed E-state index contributed by atoms with van der Waals surface area (Å²) >= 11 is 0. The van der Waals surface area contributed by atoms with Gasteiger partial charge in [0.1, 0.15) is 0 Å². The van der Waals surface area contributed by atoms with Crippen LogP contribution in [-0.4, -0.2) is 51.9 Å². The van der Waals surface area contributed by atoms with Crippen LogP contribution in [0.15, 0.2) is 12.1 Å². The second-order valence-corrected chi connectivity index (χ2v) is 7.13. The number of rotatable bonds is 2. The van der Waals surface area contributed by atoms with Crippen LogP contribution in [-0.2, 0) is 16.6 Å². The summed E-state index contributed by atoms with van der Waals surface area (Å²) in [5, 5.41) is 5.12.